The summed E-state index contributed by atoms with van der Waals surface area (Å²) in [7, 11) is 0. The molecule has 1 saturated heterocycles. The Kier molecular flexibility index (Phi) is 6.49. The predicted octanol–water partition coefficient (Wildman–Crippen LogP) is 0.379. The minimum Gasteiger partial charge on any atom is -0.376 e. The topological polar surface area (TPSA) is 79.5 Å². The van der Waals surface area contributed by atoms with E-state index in [-0.39, 0.29) is 30.6 Å². The zero-order valence-electron chi connectivity index (χ0n) is 11.1. The summed E-state index contributed by atoms with van der Waals surface area (Å²) in [6.07, 6.45) is 2.98. The van der Waals surface area contributed by atoms with Crippen molar-refractivity contribution in [2.24, 2.45) is 0 Å². The number of hydrogen-bond acceptors (Lipinski definition) is 3. The van der Waals surface area contributed by atoms with E-state index in [1.807, 2.05) is 13.8 Å². The van der Waals surface area contributed by atoms with Crippen LogP contribution >= 0.6 is 0 Å². The molecule has 2 atom stereocenters. The van der Waals surface area contributed by atoms with Crippen LogP contribution in [0.15, 0.2) is 0 Å². The van der Waals surface area contributed by atoms with Gasteiger partial charge in [-0.05, 0) is 26.2 Å². The molecule has 0 spiro atoms. The van der Waals surface area contributed by atoms with Crippen molar-refractivity contribution in [3.8, 4) is 0 Å². The highest BCUT2D eigenvalue weighted by Crippen LogP contribution is 2.15. The lowest BCUT2D eigenvalue weighted by Gasteiger charge is -2.20. The molecule has 18 heavy (non-hydrogen) atoms. The maximum absolute atomic E-state index is 11.5. The van der Waals surface area contributed by atoms with Crippen LogP contribution in [-0.4, -0.2) is 43.8 Å². The number of carbonyl (C=O) groups is 2. The molecular weight excluding hydrogens is 234 g/mol. The molecule has 1 heterocycles. The summed E-state index contributed by atoms with van der Waals surface area (Å²) in [5, 5.41) is 8.00. The number of urea groups is 1. The molecule has 0 bridgehead atoms. The molecule has 0 aromatic carbocycles. The van der Waals surface area contributed by atoms with Crippen molar-refractivity contribution in [1.82, 2.24) is 16.0 Å². The fraction of sp³-hybridized carbons (Fsp3) is 0.833. The molecule has 2 unspecified atom stereocenters. The fourth-order valence-corrected chi connectivity index (χ4v) is 1.84. The van der Waals surface area contributed by atoms with E-state index in [1.54, 1.807) is 0 Å². The quantitative estimate of drug-likeness (QED) is 0.643. The second-order valence-corrected chi connectivity index (χ2v) is 4.52. The Labute approximate surface area is 108 Å². The van der Waals surface area contributed by atoms with Gasteiger partial charge in [0, 0.05) is 13.2 Å². The lowest BCUT2D eigenvalue weighted by Crippen LogP contribution is -2.48. The third kappa shape index (κ3) is 5.35. The summed E-state index contributed by atoms with van der Waals surface area (Å²) in [6.45, 7) is 5.28. The van der Waals surface area contributed by atoms with Crippen LogP contribution in [0.5, 0.6) is 0 Å². The van der Waals surface area contributed by atoms with Crippen LogP contribution in [0.25, 0.3) is 0 Å². The molecule has 0 radical (unpaired) electrons. The molecule has 0 aromatic heterocycles. The third-order valence-corrected chi connectivity index (χ3v) is 2.86. The SMILES string of the molecule is CCCNC(=O)CNC(=O)NC(C)C1CCCO1. The van der Waals surface area contributed by atoms with Crippen molar-refractivity contribution in [3.05, 3.63) is 0 Å². The van der Waals surface area contributed by atoms with Crippen molar-refractivity contribution < 1.29 is 14.3 Å². The Morgan fingerprint density at radius 1 is 1.39 bits per heavy atom. The Hall–Kier alpha value is -1.30. The van der Waals surface area contributed by atoms with Gasteiger partial charge in [0.1, 0.15) is 0 Å². The van der Waals surface area contributed by atoms with Crippen molar-refractivity contribution in [1.29, 1.82) is 0 Å². The van der Waals surface area contributed by atoms with Gasteiger partial charge in [-0.2, -0.15) is 0 Å². The van der Waals surface area contributed by atoms with Crippen LogP contribution in [0.3, 0.4) is 0 Å². The zero-order chi connectivity index (χ0) is 13.4. The summed E-state index contributed by atoms with van der Waals surface area (Å²) in [5.74, 6) is -0.170. The summed E-state index contributed by atoms with van der Waals surface area (Å²) in [6, 6.07) is -0.365. The molecule has 1 aliphatic rings. The fourth-order valence-electron chi connectivity index (χ4n) is 1.84. The second-order valence-electron chi connectivity index (χ2n) is 4.52. The van der Waals surface area contributed by atoms with Gasteiger partial charge in [-0.15, -0.1) is 0 Å². The van der Waals surface area contributed by atoms with Gasteiger partial charge in [0.2, 0.25) is 5.91 Å². The minimum absolute atomic E-state index is 0.00404. The number of hydrogen-bond donors (Lipinski definition) is 3. The molecular formula is C12H23N3O3. The predicted molar refractivity (Wildman–Crippen MR) is 68.3 cm³/mol. The molecule has 0 saturated carbocycles. The van der Waals surface area contributed by atoms with Crippen LogP contribution in [0, 0.1) is 0 Å². The summed E-state index contributed by atoms with van der Waals surface area (Å²) in [5.41, 5.74) is 0. The molecule has 0 aromatic rings. The molecule has 6 heteroatoms. The van der Waals surface area contributed by atoms with Crippen LogP contribution in [-0.2, 0) is 9.53 Å². The van der Waals surface area contributed by atoms with E-state index in [0.29, 0.717) is 6.54 Å². The maximum Gasteiger partial charge on any atom is 0.315 e. The molecule has 104 valence electrons. The average Bonchev–Trinajstić information content (AvgIpc) is 2.87. The van der Waals surface area contributed by atoms with E-state index >= 15 is 0 Å². The van der Waals surface area contributed by atoms with Gasteiger partial charge in [-0.3, -0.25) is 4.79 Å². The normalized spacial score (nSPS) is 20.2. The number of ether oxygens (including phenoxy) is 1. The zero-order valence-corrected chi connectivity index (χ0v) is 11.1. The number of nitrogens with one attached hydrogen (secondary N) is 3. The highest BCUT2D eigenvalue weighted by atomic mass is 16.5. The lowest BCUT2D eigenvalue weighted by atomic mass is 10.1. The summed E-state index contributed by atoms with van der Waals surface area (Å²) in [4.78, 5) is 22.8. The molecule has 1 rings (SSSR count). The van der Waals surface area contributed by atoms with Crippen LogP contribution in [0.2, 0.25) is 0 Å². The Morgan fingerprint density at radius 3 is 2.78 bits per heavy atom. The Morgan fingerprint density at radius 2 is 2.17 bits per heavy atom. The molecule has 3 N–H and O–H groups in total. The van der Waals surface area contributed by atoms with Gasteiger partial charge >= 0.3 is 6.03 Å². The van der Waals surface area contributed by atoms with Gasteiger partial charge in [0.15, 0.2) is 0 Å². The van der Waals surface area contributed by atoms with E-state index in [9.17, 15) is 9.59 Å². The van der Waals surface area contributed by atoms with E-state index in [2.05, 4.69) is 16.0 Å². The highest BCUT2D eigenvalue weighted by Gasteiger charge is 2.23. The summed E-state index contributed by atoms with van der Waals surface area (Å²) < 4.78 is 5.47. The average molecular weight is 257 g/mol. The smallest absolute Gasteiger partial charge is 0.315 e. The van der Waals surface area contributed by atoms with Crippen LogP contribution < -0.4 is 16.0 Å². The number of rotatable bonds is 6. The highest BCUT2D eigenvalue weighted by molar-refractivity contribution is 5.83. The van der Waals surface area contributed by atoms with E-state index in [0.717, 1.165) is 25.9 Å². The van der Waals surface area contributed by atoms with Gasteiger partial charge < -0.3 is 20.7 Å². The number of amides is 3. The van der Waals surface area contributed by atoms with Crippen molar-refractivity contribution in [2.75, 3.05) is 19.7 Å². The monoisotopic (exact) mass is 257 g/mol. The standard InChI is InChI=1S/C12H23N3O3/c1-3-6-13-11(16)8-14-12(17)15-9(2)10-5-4-7-18-10/h9-10H,3-8H2,1-2H3,(H,13,16)(H2,14,15,17). The van der Waals surface area contributed by atoms with Crippen molar-refractivity contribution in [2.45, 2.75) is 45.3 Å². The Bertz CT molecular complexity index is 278. The first-order valence-electron chi connectivity index (χ1n) is 6.56. The first-order chi connectivity index (χ1) is 8.63. The molecule has 3 amide bonds. The molecule has 6 nitrogen and oxygen atoms in total. The Balaban J connectivity index is 2.14. The van der Waals surface area contributed by atoms with E-state index < -0.39 is 0 Å². The van der Waals surface area contributed by atoms with Gasteiger partial charge in [0.25, 0.3) is 0 Å². The van der Waals surface area contributed by atoms with Crippen LogP contribution in [0.1, 0.15) is 33.1 Å². The third-order valence-electron chi connectivity index (χ3n) is 2.86. The molecule has 1 fully saturated rings. The minimum atomic E-state index is -0.329. The van der Waals surface area contributed by atoms with Crippen LogP contribution in [0.4, 0.5) is 4.79 Å². The van der Waals surface area contributed by atoms with Gasteiger partial charge in [-0.1, -0.05) is 6.92 Å². The first kappa shape index (κ1) is 14.8. The second kappa shape index (κ2) is 7.92. The number of carbonyl (C=O) groups excluding carboxylic acids is 2. The summed E-state index contributed by atoms with van der Waals surface area (Å²) >= 11 is 0. The van der Waals surface area contributed by atoms with Gasteiger partial charge in [-0.25, -0.2) is 4.79 Å². The lowest BCUT2D eigenvalue weighted by molar-refractivity contribution is -0.120. The molecule has 1 aliphatic heterocycles. The van der Waals surface area contributed by atoms with E-state index in [4.69, 9.17) is 4.74 Å². The first-order valence-corrected chi connectivity index (χ1v) is 6.56. The maximum atomic E-state index is 11.5. The van der Waals surface area contributed by atoms with Crippen molar-refractivity contribution in [3.63, 3.8) is 0 Å². The largest absolute Gasteiger partial charge is 0.376 e. The van der Waals surface area contributed by atoms with Gasteiger partial charge in [0.05, 0.1) is 18.7 Å². The van der Waals surface area contributed by atoms with Crippen molar-refractivity contribution >= 4 is 11.9 Å². The van der Waals surface area contributed by atoms with E-state index in [1.165, 1.54) is 0 Å². The molecule has 0 aliphatic carbocycles.